The van der Waals surface area contributed by atoms with Gasteiger partial charge in [-0.05, 0) is 25.7 Å². The molecular formula is C17H27N5O2. The fraction of sp³-hybridized carbons (Fsp3) is 0.824. The van der Waals surface area contributed by atoms with Crippen LogP contribution in [0.1, 0.15) is 45.4 Å². The van der Waals surface area contributed by atoms with Crippen LogP contribution < -0.4 is 9.80 Å². The summed E-state index contributed by atoms with van der Waals surface area (Å²) in [5.74, 6) is 1.36. The zero-order chi connectivity index (χ0) is 16.4. The molecule has 3 fully saturated rings. The van der Waals surface area contributed by atoms with E-state index in [0.29, 0.717) is 19.3 Å². The van der Waals surface area contributed by atoms with Crippen LogP contribution in [0.3, 0.4) is 0 Å². The normalized spacial score (nSPS) is 27.0. The summed E-state index contributed by atoms with van der Waals surface area (Å²) in [5, 5.41) is 8.55. The first-order valence-electron chi connectivity index (χ1n) is 9.29. The average Bonchev–Trinajstić information content (AvgIpc) is 3.10. The fourth-order valence-corrected chi connectivity index (χ4v) is 4.11. The van der Waals surface area contributed by atoms with Gasteiger partial charge in [0.2, 0.25) is 5.95 Å². The largest absolute Gasteiger partial charge is 0.355 e. The summed E-state index contributed by atoms with van der Waals surface area (Å²) >= 11 is 0. The Morgan fingerprint density at radius 1 is 1.17 bits per heavy atom. The average molecular weight is 333 g/mol. The van der Waals surface area contributed by atoms with Crippen LogP contribution in [-0.4, -0.2) is 59.9 Å². The topological polar surface area (TPSA) is 63.6 Å². The Morgan fingerprint density at radius 2 is 1.96 bits per heavy atom. The van der Waals surface area contributed by atoms with E-state index in [9.17, 15) is 0 Å². The van der Waals surface area contributed by atoms with Gasteiger partial charge in [0.25, 0.3) is 0 Å². The third-order valence-corrected chi connectivity index (χ3v) is 5.55. The van der Waals surface area contributed by atoms with Crippen molar-refractivity contribution in [3.8, 4) is 0 Å². The molecule has 7 heteroatoms. The monoisotopic (exact) mass is 333 g/mol. The highest BCUT2D eigenvalue weighted by Crippen LogP contribution is 2.33. The van der Waals surface area contributed by atoms with Crippen LogP contribution in [0, 0.1) is 0 Å². The van der Waals surface area contributed by atoms with Gasteiger partial charge in [-0.3, -0.25) is 0 Å². The van der Waals surface area contributed by atoms with Gasteiger partial charge in [-0.25, -0.2) is 0 Å². The predicted octanol–water partition coefficient (Wildman–Crippen LogP) is 1.98. The Labute approximate surface area is 143 Å². The summed E-state index contributed by atoms with van der Waals surface area (Å²) < 4.78 is 11.6. The van der Waals surface area contributed by atoms with Gasteiger partial charge in [-0.1, -0.05) is 6.92 Å². The van der Waals surface area contributed by atoms with E-state index in [1.807, 2.05) is 0 Å². The minimum Gasteiger partial charge on any atom is -0.355 e. The molecule has 1 unspecified atom stereocenters. The van der Waals surface area contributed by atoms with E-state index >= 15 is 0 Å². The van der Waals surface area contributed by atoms with Crippen LogP contribution in [0.2, 0.25) is 0 Å². The number of nitrogens with zero attached hydrogens (tertiary/aromatic N) is 5. The highest BCUT2D eigenvalue weighted by molar-refractivity contribution is 5.43. The van der Waals surface area contributed by atoms with Gasteiger partial charge in [-0.15, -0.1) is 5.10 Å². The molecule has 0 saturated carbocycles. The van der Waals surface area contributed by atoms with Crippen LogP contribution in [0.25, 0.3) is 0 Å². The van der Waals surface area contributed by atoms with Crippen molar-refractivity contribution in [3.63, 3.8) is 0 Å². The molecule has 0 aliphatic carbocycles. The summed E-state index contributed by atoms with van der Waals surface area (Å²) in [6.07, 6.45) is 8.42. The molecule has 3 saturated heterocycles. The van der Waals surface area contributed by atoms with Crippen molar-refractivity contribution in [3.05, 3.63) is 6.20 Å². The van der Waals surface area contributed by atoms with Crippen molar-refractivity contribution < 1.29 is 9.47 Å². The van der Waals surface area contributed by atoms with Crippen LogP contribution in [-0.2, 0) is 9.47 Å². The number of piperidine rings is 2. The molecule has 0 radical (unpaired) electrons. The van der Waals surface area contributed by atoms with E-state index < -0.39 is 0 Å². The van der Waals surface area contributed by atoms with Crippen molar-refractivity contribution in [2.75, 3.05) is 42.6 Å². The van der Waals surface area contributed by atoms with Gasteiger partial charge >= 0.3 is 0 Å². The zero-order valence-electron chi connectivity index (χ0n) is 14.5. The molecule has 1 aromatic rings. The smallest absolute Gasteiger partial charge is 0.247 e. The lowest BCUT2D eigenvalue weighted by Gasteiger charge is -2.38. The number of rotatable bonds is 3. The van der Waals surface area contributed by atoms with Crippen molar-refractivity contribution >= 4 is 11.8 Å². The molecule has 0 amide bonds. The number of ether oxygens (including phenoxy) is 2. The molecule has 0 N–H and O–H groups in total. The molecule has 24 heavy (non-hydrogen) atoms. The standard InChI is InChI=1S/C17H27N5O2/c1-2-14-5-3-4-8-22(14)16-19-15(13-18-20-16)21-9-6-17(7-10-21)23-11-12-24-17/h13-14H,2-12H2,1H3. The Bertz CT molecular complexity index is 554. The molecule has 132 valence electrons. The third kappa shape index (κ3) is 3.07. The van der Waals surface area contributed by atoms with E-state index in [-0.39, 0.29) is 5.79 Å². The molecule has 0 bridgehead atoms. The summed E-state index contributed by atoms with van der Waals surface area (Å²) in [5.41, 5.74) is 0. The van der Waals surface area contributed by atoms with E-state index in [4.69, 9.17) is 14.5 Å². The lowest BCUT2D eigenvalue weighted by molar-refractivity contribution is -0.169. The SMILES string of the molecule is CCC1CCCCN1c1nncc(N2CCC3(CC2)OCCO3)n1. The van der Waals surface area contributed by atoms with Gasteiger partial charge in [0, 0.05) is 38.5 Å². The van der Waals surface area contributed by atoms with Crippen LogP contribution in [0.4, 0.5) is 11.8 Å². The fourth-order valence-electron chi connectivity index (χ4n) is 4.11. The zero-order valence-corrected chi connectivity index (χ0v) is 14.5. The third-order valence-electron chi connectivity index (χ3n) is 5.55. The van der Waals surface area contributed by atoms with Crippen molar-refractivity contribution in [2.24, 2.45) is 0 Å². The molecule has 1 aromatic heterocycles. The first-order chi connectivity index (χ1) is 11.8. The number of hydrogen-bond acceptors (Lipinski definition) is 7. The number of anilines is 2. The second kappa shape index (κ2) is 6.80. The van der Waals surface area contributed by atoms with Crippen molar-refractivity contribution in [1.29, 1.82) is 0 Å². The minimum absolute atomic E-state index is 0.347. The van der Waals surface area contributed by atoms with Crippen molar-refractivity contribution in [1.82, 2.24) is 15.2 Å². The van der Waals surface area contributed by atoms with Gasteiger partial charge in [-0.2, -0.15) is 10.1 Å². The summed E-state index contributed by atoms with van der Waals surface area (Å²) in [6, 6.07) is 0.542. The Kier molecular flexibility index (Phi) is 4.54. The lowest BCUT2D eigenvalue weighted by Crippen LogP contribution is -2.46. The molecule has 3 aliphatic rings. The lowest BCUT2D eigenvalue weighted by atomic mass is 10.0. The van der Waals surface area contributed by atoms with Gasteiger partial charge in [0.1, 0.15) is 0 Å². The van der Waals surface area contributed by atoms with Crippen LogP contribution >= 0.6 is 0 Å². The van der Waals surface area contributed by atoms with E-state index in [2.05, 4.69) is 26.9 Å². The second-order valence-electron chi connectivity index (χ2n) is 6.96. The maximum absolute atomic E-state index is 5.81. The number of hydrogen-bond donors (Lipinski definition) is 0. The molecule has 0 aromatic carbocycles. The number of aromatic nitrogens is 3. The summed E-state index contributed by atoms with van der Waals surface area (Å²) in [7, 11) is 0. The van der Waals surface area contributed by atoms with Gasteiger partial charge in [0.15, 0.2) is 11.6 Å². The Balaban J connectivity index is 1.47. The molecule has 7 nitrogen and oxygen atoms in total. The van der Waals surface area contributed by atoms with E-state index in [0.717, 1.165) is 50.7 Å². The van der Waals surface area contributed by atoms with Gasteiger partial charge < -0.3 is 19.3 Å². The molecule has 4 rings (SSSR count). The highest BCUT2D eigenvalue weighted by Gasteiger charge is 2.40. The molecular weight excluding hydrogens is 306 g/mol. The first-order valence-corrected chi connectivity index (χ1v) is 9.29. The molecule has 3 aliphatic heterocycles. The first kappa shape index (κ1) is 16.0. The summed E-state index contributed by atoms with van der Waals surface area (Å²) in [6.45, 7) is 6.48. The Hall–Kier alpha value is -1.47. The molecule has 1 atom stereocenters. The quantitative estimate of drug-likeness (QED) is 0.838. The highest BCUT2D eigenvalue weighted by atomic mass is 16.7. The molecule has 1 spiro atoms. The van der Waals surface area contributed by atoms with E-state index in [1.54, 1.807) is 6.20 Å². The maximum Gasteiger partial charge on any atom is 0.247 e. The second-order valence-corrected chi connectivity index (χ2v) is 6.96. The van der Waals surface area contributed by atoms with Crippen LogP contribution in [0.15, 0.2) is 6.20 Å². The van der Waals surface area contributed by atoms with Crippen LogP contribution in [0.5, 0.6) is 0 Å². The minimum atomic E-state index is -0.347. The molecule has 4 heterocycles. The summed E-state index contributed by atoms with van der Waals surface area (Å²) in [4.78, 5) is 9.45. The van der Waals surface area contributed by atoms with Gasteiger partial charge in [0.05, 0.1) is 19.4 Å². The maximum atomic E-state index is 5.81. The Morgan fingerprint density at radius 3 is 2.71 bits per heavy atom. The van der Waals surface area contributed by atoms with Crippen molar-refractivity contribution in [2.45, 2.75) is 57.3 Å². The predicted molar refractivity (Wildman–Crippen MR) is 91.2 cm³/mol. The van der Waals surface area contributed by atoms with E-state index in [1.165, 1.54) is 19.3 Å².